The van der Waals surface area contributed by atoms with Crippen molar-refractivity contribution in [2.24, 2.45) is 0 Å². The summed E-state index contributed by atoms with van der Waals surface area (Å²) in [5.74, 6) is -0.850. The molecule has 0 unspecified atom stereocenters. The van der Waals surface area contributed by atoms with E-state index in [0.717, 1.165) is 15.6 Å². The Morgan fingerprint density at radius 2 is 2.47 bits per heavy atom. The highest BCUT2D eigenvalue weighted by Crippen LogP contribution is 2.30. The Morgan fingerprint density at radius 3 is 3.07 bits per heavy atom. The first-order chi connectivity index (χ1) is 7.16. The highest BCUT2D eigenvalue weighted by atomic mass is 79.9. The molecule has 4 nitrogen and oxygen atoms in total. The van der Waals surface area contributed by atoms with Gasteiger partial charge >= 0.3 is 5.97 Å². The van der Waals surface area contributed by atoms with Crippen LogP contribution in [0.4, 0.5) is 0 Å². The molecule has 2 heterocycles. The highest BCUT2D eigenvalue weighted by Gasteiger charge is 2.13. The van der Waals surface area contributed by atoms with Gasteiger partial charge in [0.2, 0.25) is 0 Å². The summed E-state index contributed by atoms with van der Waals surface area (Å²) in [6, 6.07) is 3.78. The van der Waals surface area contributed by atoms with Gasteiger partial charge in [-0.2, -0.15) is 0 Å². The number of H-pyrrole nitrogens is 1. The number of hydrogen-bond donors (Lipinski definition) is 2. The standard InChI is InChI=1S/C9H7BrN2O2S/c10-8-6(4-7(13)14)15-9(12-8)5-2-1-3-11-5/h1-3,11H,4H2,(H,13,14). The van der Waals surface area contributed by atoms with Crippen LogP contribution in [0.1, 0.15) is 4.88 Å². The molecule has 0 saturated heterocycles. The van der Waals surface area contributed by atoms with Crippen LogP contribution in [0, 0.1) is 0 Å². The van der Waals surface area contributed by atoms with Crippen LogP contribution in [0.5, 0.6) is 0 Å². The van der Waals surface area contributed by atoms with Crippen molar-refractivity contribution in [2.45, 2.75) is 6.42 Å². The van der Waals surface area contributed by atoms with Gasteiger partial charge in [-0.25, -0.2) is 4.98 Å². The Bertz CT molecular complexity index is 478. The number of carboxylic acids is 1. The van der Waals surface area contributed by atoms with Crippen LogP contribution in [0.2, 0.25) is 0 Å². The Morgan fingerprint density at radius 1 is 1.67 bits per heavy atom. The van der Waals surface area contributed by atoms with E-state index in [1.165, 1.54) is 11.3 Å². The number of carboxylic acid groups (broad SMARTS) is 1. The normalized spacial score (nSPS) is 10.5. The fourth-order valence-electron chi connectivity index (χ4n) is 1.16. The van der Waals surface area contributed by atoms with Gasteiger partial charge in [-0.15, -0.1) is 11.3 Å². The van der Waals surface area contributed by atoms with Crippen molar-refractivity contribution in [1.82, 2.24) is 9.97 Å². The molecule has 0 aliphatic heterocycles. The number of rotatable bonds is 3. The van der Waals surface area contributed by atoms with E-state index in [0.29, 0.717) is 4.60 Å². The fourth-order valence-corrected chi connectivity index (χ4v) is 2.77. The topological polar surface area (TPSA) is 66.0 Å². The van der Waals surface area contributed by atoms with Crippen molar-refractivity contribution in [3.63, 3.8) is 0 Å². The molecule has 0 amide bonds. The average Bonchev–Trinajstić information content (AvgIpc) is 2.75. The van der Waals surface area contributed by atoms with E-state index >= 15 is 0 Å². The first-order valence-electron chi connectivity index (χ1n) is 4.17. The SMILES string of the molecule is O=C(O)Cc1sc(-c2ccc[nH]2)nc1Br. The Labute approximate surface area is 98.1 Å². The lowest BCUT2D eigenvalue weighted by molar-refractivity contribution is -0.136. The third kappa shape index (κ3) is 2.27. The molecule has 2 aromatic rings. The third-order valence-electron chi connectivity index (χ3n) is 1.79. The van der Waals surface area contributed by atoms with E-state index in [1.807, 2.05) is 18.3 Å². The number of aromatic amines is 1. The maximum atomic E-state index is 10.6. The first kappa shape index (κ1) is 10.4. The molecule has 0 aliphatic carbocycles. The number of nitrogens with one attached hydrogen (secondary N) is 1. The van der Waals surface area contributed by atoms with Gasteiger partial charge in [0, 0.05) is 6.20 Å². The number of thiazole rings is 1. The summed E-state index contributed by atoms with van der Waals surface area (Å²) >= 11 is 4.63. The second-order valence-corrected chi connectivity index (χ2v) is 4.72. The second-order valence-electron chi connectivity index (χ2n) is 2.89. The summed E-state index contributed by atoms with van der Waals surface area (Å²) in [6.45, 7) is 0. The number of aliphatic carboxylic acids is 1. The van der Waals surface area contributed by atoms with Gasteiger partial charge in [-0.1, -0.05) is 0 Å². The molecule has 0 fully saturated rings. The number of carbonyl (C=O) groups is 1. The Hall–Kier alpha value is -1.14. The number of aromatic nitrogens is 2. The quantitative estimate of drug-likeness (QED) is 0.911. The zero-order valence-electron chi connectivity index (χ0n) is 7.53. The average molecular weight is 287 g/mol. The third-order valence-corrected chi connectivity index (χ3v) is 3.80. The van der Waals surface area contributed by atoms with Gasteiger partial charge < -0.3 is 10.1 Å². The molecule has 0 aliphatic rings. The van der Waals surface area contributed by atoms with Gasteiger partial charge in [-0.3, -0.25) is 4.79 Å². The fraction of sp³-hybridized carbons (Fsp3) is 0.111. The summed E-state index contributed by atoms with van der Waals surface area (Å²) in [6.07, 6.45) is 1.81. The molecule has 0 aromatic carbocycles. The summed E-state index contributed by atoms with van der Waals surface area (Å²) in [5, 5.41) is 9.48. The molecule has 2 N–H and O–H groups in total. The molecule has 2 aromatic heterocycles. The summed E-state index contributed by atoms with van der Waals surface area (Å²) in [4.78, 5) is 18.6. The Kier molecular flexibility index (Phi) is 2.88. The van der Waals surface area contributed by atoms with Crippen LogP contribution < -0.4 is 0 Å². The summed E-state index contributed by atoms with van der Waals surface area (Å²) in [5.41, 5.74) is 0.900. The molecular weight excluding hydrogens is 280 g/mol. The van der Waals surface area contributed by atoms with E-state index in [4.69, 9.17) is 5.11 Å². The summed E-state index contributed by atoms with van der Waals surface area (Å²) < 4.78 is 0.611. The second kappa shape index (κ2) is 4.16. The van der Waals surface area contributed by atoms with Gasteiger partial charge in [0.15, 0.2) is 0 Å². The molecule has 0 spiro atoms. The van der Waals surface area contributed by atoms with Crippen LogP contribution in [0.15, 0.2) is 22.9 Å². The van der Waals surface area contributed by atoms with Crippen LogP contribution in [-0.2, 0) is 11.2 Å². The van der Waals surface area contributed by atoms with Gasteiger partial charge in [0.1, 0.15) is 9.61 Å². The van der Waals surface area contributed by atoms with E-state index in [2.05, 4.69) is 25.9 Å². The van der Waals surface area contributed by atoms with Crippen LogP contribution in [-0.4, -0.2) is 21.0 Å². The molecular formula is C9H7BrN2O2S. The molecule has 0 radical (unpaired) electrons. The van der Waals surface area contributed by atoms with Crippen LogP contribution in [0.3, 0.4) is 0 Å². The largest absolute Gasteiger partial charge is 0.481 e. The van der Waals surface area contributed by atoms with Crippen LogP contribution >= 0.6 is 27.3 Å². The zero-order valence-corrected chi connectivity index (χ0v) is 9.93. The lowest BCUT2D eigenvalue weighted by Crippen LogP contribution is -1.98. The predicted molar refractivity (Wildman–Crippen MR) is 60.9 cm³/mol. The molecule has 78 valence electrons. The lowest BCUT2D eigenvalue weighted by Gasteiger charge is -1.88. The minimum Gasteiger partial charge on any atom is -0.481 e. The first-order valence-corrected chi connectivity index (χ1v) is 5.78. The van der Waals surface area contributed by atoms with Crippen molar-refractivity contribution < 1.29 is 9.90 Å². The van der Waals surface area contributed by atoms with E-state index in [1.54, 1.807) is 0 Å². The lowest BCUT2D eigenvalue weighted by atomic mass is 10.4. The van der Waals surface area contributed by atoms with Gasteiger partial charge in [0.05, 0.1) is 17.0 Å². The summed E-state index contributed by atoms with van der Waals surface area (Å²) in [7, 11) is 0. The molecule has 0 atom stereocenters. The van der Waals surface area contributed by atoms with E-state index < -0.39 is 5.97 Å². The smallest absolute Gasteiger partial charge is 0.308 e. The van der Waals surface area contributed by atoms with Gasteiger partial charge in [0.25, 0.3) is 0 Å². The number of nitrogens with zero attached hydrogens (tertiary/aromatic N) is 1. The maximum absolute atomic E-state index is 10.6. The maximum Gasteiger partial charge on any atom is 0.308 e. The van der Waals surface area contributed by atoms with E-state index in [-0.39, 0.29) is 6.42 Å². The molecule has 0 saturated carbocycles. The van der Waals surface area contributed by atoms with E-state index in [9.17, 15) is 4.79 Å². The van der Waals surface area contributed by atoms with Gasteiger partial charge in [-0.05, 0) is 28.1 Å². The Balaban J connectivity index is 2.33. The number of halogens is 1. The predicted octanol–water partition coefficient (Wildman–Crippen LogP) is 2.53. The molecule has 6 heteroatoms. The van der Waals surface area contributed by atoms with Crippen molar-refractivity contribution in [1.29, 1.82) is 0 Å². The van der Waals surface area contributed by atoms with Crippen LogP contribution in [0.25, 0.3) is 10.7 Å². The molecule has 0 bridgehead atoms. The minimum absolute atomic E-state index is 0.00103. The van der Waals surface area contributed by atoms with Crippen molar-refractivity contribution >= 4 is 33.2 Å². The monoisotopic (exact) mass is 286 g/mol. The zero-order chi connectivity index (χ0) is 10.8. The highest BCUT2D eigenvalue weighted by molar-refractivity contribution is 9.10. The number of hydrogen-bond acceptors (Lipinski definition) is 3. The molecule has 15 heavy (non-hydrogen) atoms. The van der Waals surface area contributed by atoms with Crippen molar-refractivity contribution in [3.8, 4) is 10.7 Å². The molecule has 2 rings (SSSR count). The van der Waals surface area contributed by atoms with Crippen molar-refractivity contribution in [2.75, 3.05) is 0 Å². The minimum atomic E-state index is -0.850. The van der Waals surface area contributed by atoms with Crippen molar-refractivity contribution in [3.05, 3.63) is 27.8 Å².